The van der Waals surface area contributed by atoms with Gasteiger partial charge in [0.25, 0.3) is 0 Å². The van der Waals surface area contributed by atoms with Gasteiger partial charge in [-0.15, -0.1) is 0 Å². The van der Waals surface area contributed by atoms with Crippen LogP contribution in [0.1, 0.15) is 57.2 Å². The third-order valence-electron chi connectivity index (χ3n) is 5.09. The van der Waals surface area contributed by atoms with Gasteiger partial charge in [-0.25, -0.2) is 0 Å². The fourth-order valence-electron chi connectivity index (χ4n) is 3.24. The Morgan fingerprint density at radius 1 is 1.10 bits per heavy atom. The predicted molar refractivity (Wildman–Crippen MR) is 91.7 cm³/mol. The molecule has 1 unspecified atom stereocenters. The summed E-state index contributed by atoms with van der Waals surface area (Å²) >= 11 is 0. The Morgan fingerprint density at radius 3 is 2.14 bits per heavy atom. The average molecular weight is 288 g/mol. The molecule has 0 aromatic heterocycles. The van der Waals surface area contributed by atoms with Crippen LogP contribution in [0.15, 0.2) is 24.3 Å². The molecule has 1 aliphatic carbocycles. The summed E-state index contributed by atoms with van der Waals surface area (Å²) < 4.78 is 0. The molecule has 21 heavy (non-hydrogen) atoms. The van der Waals surface area contributed by atoms with Crippen LogP contribution in [-0.4, -0.2) is 31.1 Å². The molecule has 1 N–H and O–H groups in total. The molecule has 1 saturated carbocycles. The standard InChI is InChI=1S/C19H32N2/c1-15(2)13-17-7-9-18(10-8-17)16(3)20-14-19(21(4)5)11-6-12-19/h7-10,15-16,20H,6,11-14H2,1-5H3. The molecule has 118 valence electrons. The molecule has 0 saturated heterocycles. The Balaban J connectivity index is 1.89. The van der Waals surface area contributed by atoms with Crippen molar-refractivity contribution in [2.45, 2.75) is 58.0 Å². The van der Waals surface area contributed by atoms with Crippen LogP contribution in [0.5, 0.6) is 0 Å². The van der Waals surface area contributed by atoms with Crippen LogP contribution in [-0.2, 0) is 6.42 Å². The van der Waals surface area contributed by atoms with Crippen LogP contribution in [0, 0.1) is 5.92 Å². The van der Waals surface area contributed by atoms with Gasteiger partial charge in [-0.2, -0.15) is 0 Å². The van der Waals surface area contributed by atoms with E-state index in [2.05, 4.69) is 69.3 Å². The maximum absolute atomic E-state index is 3.74. The first-order valence-electron chi connectivity index (χ1n) is 8.42. The summed E-state index contributed by atoms with van der Waals surface area (Å²) in [6.45, 7) is 7.92. The van der Waals surface area contributed by atoms with E-state index >= 15 is 0 Å². The number of likely N-dealkylation sites (N-methyl/N-ethyl adjacent to an activating group) is 1. The van der Waals surface area contributed by atoms with E-state index in [4.69, 9.17) is 0 Å². The van der Waals surface area contributed by atoms with E-state index in [1.54, 1.807) is 0 Å². The highest BCUT2D eigenvalue weighted by Crippen LogP contribution is 2.35. The fraction of sp³-hybridized carbons (Fsp3) is 0.684. The van der Waals surface area contributed by atoms with Crippen LogP contribution in [0.2, 0.25) is 0 Å². The minimum Gasteiger partial charge on any atom is -0.308 e. The number of benzene rings is 1. The van der Waals surface area contributed by atoms with Crippen LogP contribution in [0.3, 0.4) is 0 Å². The van der Waals surface area contributed by atoms with Gasteiger partial charge in [0, 0.05) is 18.1 Å². The second kappa shape index (κ2) is 6.93. The smallest absolute Gasteiger partial charge is 0.0328 e. The molecule has 0 bridgehead atoms. The molecule has 2 nitrogen and oxygen atoms in total. The van der Waals surface area contributed by atoms with Crippen LogP contribution < -0.4 is 5.32 Å². The van der Waals surface area contributed by atoms with Gasteiger partial charge in [0.1, 0.15) is 0 Å². The van der Waals surface area contributed by atoms with Crippen molar-refractivity contribution in [1.29, 1.82) is 0 Å². The average Bonchev–Trinajstić information content (AvgIpc) is 2.37. The van der Waals surface area contributed by atoms with E-state index in [1.165, 1.54) is 36.8 Å². The second-order valence-electron chi connectivity index (χ2n) is 7.41. The maximum Gasteiger partial charge on any atom is 0.0328 e. The number of hydrogen-bond acceptors (Lipinski definition) is 2. The number of hydrogen-bond donors (Lipinski definition) is 1. The molecule has 0 radical (unpaired) electrons. The van der Waals surface area contributed by atoms with Crippen molar-refractivity contribution in [2.24, 2.45) is 5.92 Å². The Hall–Kier alpha value is -0.860. The lowest BCUT2D eigenvalue weighted by Gasteiger charge is -2.48. The number of rotatable bonds is 7. The van der Waals surface area contributed by atoms with Gasteiger partial charge in [-0.3, -0.25) is 0 Å². The molecule has 0 amide bonds. The first-order chi connectivity index (χ1) is 9.93. The second-order valence-corrected chi connectivity index (χ2v) is 7.41. The van der Waals surface area contributed by atoms with E-state index < -0.39 is 0 Å². The molecule has 1 aromatic rings. The lowest BCUT2D eigenvalue weighted by molar-refractivity contribution is 0.0576. The van der Waals surface area contributed by atoms with Crippen molar-refractivity contribution >= 4 is 0 Å². The maximum atomic E-state index is 3.74. The Kier molecular flexibility index (Phi) is 5.45. The summed E-state index contributed by atoms with van der Waals surface area (Å²) in [5, 5.41) is 3.74. The van der Waals surface area contributed by atoms with Gasteiger partial charge in [-0.05, 0) is 63.7 Å². The first-order valence-corrected chi connectivity index (χ1v) is 8.42. The quantitative estimate of drug-likeness (QED) is 0.815. The monoisotopic (exact) mass is 288 g/mol. The zero-order valence-corrected chi connectivity index (χ0v) is 14.4. The topological polar surface area (TPSA) is 15.3 Å². The van der Waals surface area contributed by atoms with Crippen LogP contribution in [0.25, 0.3) is 0 Å². The molecule has 0 heterocycles. The van der Waals surface area contributed by atoms with E-state index in [0.717, 1.165) is 12.5 Å². The molecule has 1 fully saturated rings. The first kappa shape index (κ1) is 16.5. The van der Waals surface area contributed by atoms with Crippen molar-refractivity contribution in [3.05, 3.63) is 35.4 Å². The molecule has 1 atom stereocenters. The molecular formula is C19H32N2. The molecule has 0 spiro atoms. The van der Waals surface area contributed by atoms with Gasteiger partial charge in [-0.1, -0.05) is 38.1 Å². The van der Waals surface area contributed by atoms with Crippen LogP contribution in [0.4, 0.5) is 0 Å². The highest BCUT2D eigenvalue weighted by atomic mass is 15.2. The van der Waals surface area contributed by atoms with E-state index in [0.29, 0.717) is 11.6 Å². The molecule has 2 rings (SSSR count). The van der Waals surface area contributed by atoms with Crippen molar-refractivity contribution < 1.29 is 0 Å². The van der Waals surface area contributed by atoms with Crippen LogP contribution >= 0.6 is 0 Å². The largest absolute Gasteiger partial charge is 0.308 e. The fourth-order valence-corrected chi connectivity index (χ4v) is 3.24. The summed E-state index contributed by atoms with van der Waals surface area (Å²) in [4.78, 5) is 2.40. The number of nitrogens with one attached hydrogen (secondary N) is 1. The highest BCUT2D eigenvalue weighted by molar-refractivity contribution is 5.25. The van der Waals surface area contributed by atoms with Gasteiger partial charge in [0.05, 0.1) is 0 Å². The number of nitrogens with zero attached hydrogens (tertiary/aromatic N) is 1. The van der Waals surface area contributed by atoms with Crippen molar-refractivity contribution in [1.82, 2.24) is 10.2 Å². The SMILES string of the molecule is CC(C)Cc1ccc(C(C)NCC2(N(C)C)CCC2)cc1. The normalized spacial score (nSPS) is 18.8. The summed E-state index contributed by atoms with van der Waals surface area (Å²) in [5.74, 6) is 0.727. The Labute approximate surface area is 130 Å². The lowest BCUT2D eigenvalue weighted by Crippen LogP contribution is -2.56. The molecule has 1 aliphatic rings. The van der Waals surface area contributed by atoms with E-state index in [1.807, 2.05) is 0 Å². The highest BCUT2D eigenvalue weighted by Gasteiger charge is 2.38. The minimum absolute atomic E-state index is 0.395. The third-order valence-corrected chi connectivity index (χ3v) is 5.09. The third kappa shape index (κ3) is 4.08. The Bertz CT molecular complexity index is 429. The lowest BCUT2D eigenvalue weighted by atomic mass is 9.75. The van der Waals surface area contributed by atoms with E-state index in [-0.39, 0.29) is 0 Å². The van der Waals surface area contributed by atoms with Crippen molar-refractivity contribution in [2.75, 3.05) is 20.6 Å². The molecule has 0 aliphatic heterocycles. The van der Waals surface area contributed by atoms with Gasteiger partial charge in [0.2, 0.25) is 0 Å². The summed E-state index contributed by atoms with van der Waals surface area (Å²) in [5.41, 5.74) is 3.24. The Morgan fingerprint density at radius 2 is 1.71 bits per heavy atom. The summed E-state index contributed by atoms with van der Waals surface area (Å²) in [6.07, 6.45) is 5.20. The van der Waals surface area contributed by atoms with Gasteiger partial charge >= 0.3 is 0 Å². The van der Waals surface area contributed by atoms with Gasteiger partial charge < -0.3 is 10.2 Å². The molecular weight excluding hydrogens is 256 g/mol. The van der Waals surface area contributed by atoms with Crippen molar-refractivity contribution in [3.8, 4) is 0 Å². The predicted octanol–water partition coefficient (Wildman–Crippen LogP) is 4.02. The molecule has 1 aromatic carbocycles. The zero-order chi connectivity index (χ0) is 15.5. The van der Waals surface area contributed by atoms with Gasteiger partial charge in [0.15, 0.2) is 0 Å². The minimum atomic E-state index is 0.395. The summed E-state index contributed by atoms with van der Waals surface area (Å²) in [7, 11) is 4.43. The molecule has 2 heteroatoms. The van der Waals surface area contributed by atoms with Crippen molar-refractivity contribution in [3.63, 3.8) is 0 Å². The van der Waals surface area contributed by atoms with E-state index in [9.17, 15) is 0 Å². The summed E-state index contributed by atoms with van der Waals surface area (Å²) in [6, 6.07) is 9.59. The zero-order valence-electron chi connectivity index (χ0n) is 14.4.